The van der Waals surface area contributed by atoms with E-state index in [0.29, 0.717) is 12.8 Å². The second-order valence-electron chi connectivity index (χ2n) is 5.80. The minimum Gasteiger partial charge on any atom is -0.325 e. The maximum absolute atomic E-state index is 12.3. The van der Waals surface area contributed by atoms with Crippen molar-refractivity contribution in [2.75, 3.05) is 5.32 Å². The van der Waals surface area contributed by atoms with Gasteiger partial charge in [0, 0.05) is 22.5 Å². The molecule has 3 rings (SSSR count). The average Bonchev–Trinajstić information content (AvgIpc) is 3.11. The molecule has 1 heterocycles. The molecule has 1 spiro atoms. The fourth-order valence-corrected chi connectivity index (χ4v) is 3.64. The first-order chi connectivity index (χ1) is 9.59. The van der Waals surface area contributed by atoms with Crippen molar-refractivity contribution < 1.29 is 9.59 Å². The number of carbonyl (C=O) groups excluding carboxylic acids is 2. The van der Waals surface area contributed by atoms with Gasteiger partial charge in [-0.05, 0) is 36.6 Å². The van der Waals surface area contributed by atoms with Crippen LogP contribution in [0.5, 0.6) is 0 Å². The van der Waals surface area contributed by atoms with Crippen molar-refractivity contribution in [2.24, 2.45) is 5.92 Å². The number of rotatable bonds is 5. The molecular formula is C16H18BrNO2. The molecule has 1 fully saturated rings. The lowest BCUT2D eigenvalue weighted by atomic mass is 9.92. The summed E-state index contributed by atoms with van der Waals surface area (Å²) in [7, 11) is 0. The van der Waals surface area contributed by atoms with Gasteiger partial charge in [0.1, 0.15) is 5.78 Å². The zero-order valence-electron chi connectivity index (χ0n) is 11.5. The summed E-state index contributed by atoms with van der Waals surface area (Å²) < 4.78 is 0.955. The number of halogens is 1. The van der Waals surface area contributed by atoms with Crippen molar-refractivity contribution in [2.45, 2.75) is 44.4 Å². The number of hydrogen-bond donors (Lipinski definition) is 1. The first kappa shape index (κ1) is 13.8. The molecule has 2 aliphatic rings. The lowest BCUT2D eigenvalue weighted by Crippen LogP contribution is -2.24. The molecular weight excluding hydrogens is 318 g/mol. The summed E-state index contributed by atoms with van der Waals surface area (Å²) in [6.45, 7) is 2.13. The number of nitrogens with one attached hydrogen (secondary N) is 1. The van der Waals surface area contributed by atoms with Crippen LogP contribution in [0.3, 0.4) is 0 Å². The Morgan fingerprint density at radius 2 is 2.25 bits per heavy atom. The van der Waals surface area contributed by atoms with E-state index in [4.69, 9.17) is 0 Å². The van der Waals surface area contributed by atoms with Crippen molar-refractivity contribution in [1.82, 2.24) is 0 Å². The molecule has 1 aliphatic carbocycles. The second-order valence-corrected chi connectivity index (χ2v) is 6.71. The molecule has 3 nitrogen and oxygen atoms in total. The first-order valence-electron chi connectivity index (χ1n) is 7.24. The topological polar surface area (TPSA) is 46.2 Å². The van der Waals surface area contributed by atoms with Crippen LogP contribution in [0.25, 0.3) is 0 Å². The molecule has 0 radical (unpaired) electrons. The fraction of sp³-hybridized carbons (Fsp3) is 0.500. The van der Waals surface area contributed by atoms with E-state index in [9.17, 15) is 9.59 Å². The lowest BCUT2D eigenvalue weighted by Gasteiger charge is -2.08. The standard InChI is InChI=1S/C16H18BrNO2/c1-2-3-4-5-14(19)12-9-16(12)11-8-10(17)6-7-13(11)18-15(16)20/h6-8,12H,2-5,9H2,1H3,(H,18,20). The molecule has 106 valence electrons. The number of carbonyl (C=O) groups is 2. The highest BCUT2D eigenvalue weighted by atomic mass is 79.9. The van der Waals surface area contributed by atoms with E-state index < -0.39 is 5.41 Å². The van der Waals surface area contributed by atoms with Gasteiger partial charge in [0.05, 0.1) is 5.41 Å². The number of ketones is 1. The average molecular weight is 336 g/mol. The Bertz CT molecular complexity index is 584. The number of fused-ring (bicyclic) bond motifs is 2. The Hall–Kier alpha value is -1.16. The van der Waals surface area contributed by atoms with Gasteiger partial charge >= 0.3 is 0 Å². The molecule has 1 N–H and O–H groups in total. The van der Waals surface area contributed by atoms with Crippen LogP contribution in [-0.4, -0.2) is 11.7 Å². The highest BCUT2D eigenvalue weighted by molar-refractivity contribution is 9.10. The summed E-state index contributed by atoms with van der Waals surface area (Å²) >= 11 is 3.45. The van der Waals surface area contributed by atoms with E-state index >= 15 is 0 Å². The van der Waals surface area contributed by atoms with Crippen LogP contribution < -0.4 is 5.32 Å². The van der Waals surface area contributed by atoms with Gasteiger partial charge in [-0.3, -0.25) is 9.59 Å². The van der Waals surface area contributed by atoms with Crippen molar-refractivity contribution >= 4 is 33.3 Å². The molecule has 0 saturated heterocycles. The van der Waals surface area contributed by atoms with Crippen molar-refractivity contribution in [3.8, 4) is 0 Å². The number of amides is 1. The number of benzene rings is 1. The Balaban J connectivity index is 1.80. The van der Waals surface area contributed by atoms with Gasteiger partial charge in [-0.15, -0.1) is 0 Å². The lowest BCUT2D eigenvalue weighted by molar-refractivity contribution is -0.124. The van der Waals surface area contributed by atoms with Crippen LogP contribution in [-0.2, 0) is 15.0 Å². The van der Waals surface area contributed by atoms with Gasteiger partial charge in [-0.2, -0.15) is 0 Å². The van der Waals surface area contributed by atoms with E-state index in [1.54, 1.807) is 0 Å². The van der Waals surface area contributed by atoms with Gasteiger partial charge in [-0.25, -0.2) is 0 Å². The highest BCUT2D eigenvalue weighted by Gasteiger charge is 2.67. The summed E-state index contributed by atoms with van der Waals surface area (Å²) in [6, 6.07) is 5.80. The fourth-order valence-electron chi connectivity index (χ4n) is 3.27. The Morgan fingerprint density at radius 1 is 1.45 bits per heavy atom. The minimum absolute atomic E-state index is 0.000517. The summed E-state index contributed by atoms with van der Waals surface area (Å²) in [5.74, 6) is 0.135. The first-order valence-corrected chi connectivity index (χ1v) is 8.03. The highest BCUT2D eigenvalue weighted by Crippen LogP contribution is 2.60. The second kappa shape index (κ2) is 4.99. The molecule has 1 amide bonds. The number of unbranched alkanes of at least 4 members (excludes halogenated alkanes) is 2. The molecule has 4 heteroatoms. The summed E-state index contributed by atoms with van der Waals surface area (Å²) in [6.07, 6.45) is 4.41. The third kappa shape index (κ3) is 2.01. The van der Waals surface area contributed by atoms with Gasteiger partial charge in [0.15, 0.2) is 0 Å². The van der Waals surface area contributed by atoms with Crippen LogP contribution >= 0.6 is 15.9 Å². The van der Waals surface area contributed by atoms with Crippen molar-refractivity contribution in [1.29, 1.82) is 0 Å². The summed E-state index contributed by atoms with van der Waals surface area (Å²) in [4.78, 5) is 24.6. The molecule has 2 unspecified atom stereocenters. The largest absolute Gasteiger partial charge is 0.325 e. The molecule has 1 aromatic rings. The minimum atomic E-state index is -0.567. The Labute approximate surface area is 127 Å². The smallest absolute Gasteiger partial charge is 0.235 e. The van der Waals surface area contributed by atoms with E-state index in [1.807, 2.05) is 18.2 Å². The quantitative estimate of drug-likeness (QED) is 0.831. The predicted molar refractivity (Wildman–Crippen MR) is 81.7 cm³/mol. The third-order valence-electron chi connectivity index (χ3n) is 4.49. The number of Topliss-reactive ketones (excluding diaryl/α,β-unsaturated/α-hetero) is 1. The van der Waals surface area contributed by atoms with Gasteiger partial charge in [0.2, 0.25) is 5.91 Å². The molecule has 1 aliphatic heterocycles. The summed E-state index contributed by atoms with van der Waals surface area (Å²) in [5.41, 5.74) is 1.29. The maximum atomic E-state index is 12.3. The van der Waals surface area contributed by atoms with Crippen LogP contribution in [0, 0.1) is 5.92 Å². The van der Waals surface area contributed by atoms with Crippen LogP contribution in [0.1, 0.15) is 44.6 Å². The van der Waals surface area contributed by atoms with Gasteiger partial charge in [-0.1, -0.05) is 35.7 Å². The molecule has 0 aromatic heterocycles. The van der Waals surface area contributed by atoms with Gasteiger partial charge < -0.3 is 5.32 Å². The normalized spacial score (nSPS) is 26.5. The number of hydrogen-bond acceptors (Lipinski definition) is 2. The van der Waals surface area contributed by atoms with E-state index in [0.717, 1.165) is 35.0 Å². The predicted octanol–water partition coefficient (Wildman–Crippen LogP) is 3.81. The maximum Gasteiger partial charge on any atom is 0.235 e. The zero-order valence-corrected chi connectivity index (χ0v) is 13.1. The monoisotopic (exact) mass is 335 g/mol. The van der Waals surface area contributed by atoms with Crippen LogP contribution in [0.2, 0.25) is 0 Å². The van der Waals surface area contributed by atoms with E-state index in [2.05, 4.69) is 28.2 Å². The SMILES string of the molecule is CCCCCC(=O)C1CC12C(=O)Nc1ccc(Br)cc12. The summed E-state index contributed by atoms with van der Waals surface area (Å²) in [5, 5.41) is 2.92. The van der Waals surface area contributed by atoms with Crippen LogP contribution in [0.15, 0.2) is 22.7 Å². The van der Waals surface area contributed by atoms with E-state index in [-0.39, 0.29) is 17.6 Å². The zero-order chi connectivity index (χ0) is 14.3. The van der Waals surface area contributed by atoms with Gasteiger partial charge in [0.25, 0.3) is 0 Å². The van der Waals surface area contributed by atoms with E-state index in [1.165, 1.54) is 0 Å². The van der Waals surface area contributed by atoms with Crippen molar-refractivity contribution in [3.63, 3.8) is 0 Å². The molecule has 1 aromatic carbocycles. The van der Waals surface area contributed by atoms with Crippen LogP contribution in [0.4, 0.5) is 5.69 Å². The molecule has 2 atom stereocenters. The van der Waals surface area contributed by atoms with Crippen molar-refractivity contribution in [3.05, 3.63) is 28.2 Å². The Morgan fingerprint density at radius 3 is 3.00 bits per heavy atom. The third-order valence-corrected chi connectivity index (χ3v) is 4.99. The molecule has 20 heavy (non-hydrogen) atoms. The molecule has 0 bridgehead atoms. The Kier molecular flexibility index (Phi) is 3.44. The number of anilines is 1. The molecule has 1 saturated carbocycles.